The molecule has 2 aromatic rings. The fourth-order valence-electron chi connectivity index (χ4n) is 1.75. The van der Waals surface area contributed by atoms with E-state index in [2.05, 4.69) is 0 Å². The van der Waals surface area contributed by atoms with Crippen molar-refractivity contribution in [3.8, 4) is 11.5 Å². The third-order valence-corrected chi connectivity index (χ3v) is 2.78. The second kappa shape index (κ2) is 9.76. The van der Waals surface area contributed by atoms with Gasteiger partial charge in [0.2, 0.25) is 0 Å². The molecular formula is C21H26O3. The number of ether oxygens (including phenoxy) is 1. The molecule has 0 spiro atoms. The van der Waals surface area contributed by atoms with Crippen LogP contribution in [-0.4, -0.2) is 17.4 Å². The number of benzene rings is 2. The first-order valence-electron chi connectivity index (χ1n) is 15.2. The van der Waals surface area contributed by atoms with Crippen LogP contribution < -0.4 is 4.74 Å². The van der Waals surface area contributed by atoms with E-state index in [1.54, 1.807) is 18.2 Å². The highest BCUT2D eigenvalue weighted by atomic mass is 16.5. The van der Waals surface area contributed by atoms with E-state index in [1.807, 2.05) is 0 Å². The number of carbonyl (C=O) groups is 1. The quantitative estimate of drug-likeness (QED) is 0.590. The van der Waals surface area contributed by atoms with Crippen LogP contribution in [0.4, 0.5) is 0 Å². The Morgan fingerprint density at radius 3 is 2.58 bits per heavy atom. The highest BCUT2D eigenvalue weighted by Crippen LogP contribution is 2.26. The van der Waals surface area contributed by atoms with Crippen molar-refractivity contribution in [1.82, 2.24) is 0 Å². The molecule has 0 heterocycles. The highest BCUT2D eigenvalue weighted by Gasteiger charge is 2.13. The number of hydrogen-bond donors (Lipinski definition) is 1. The molecule has 0 atom stereocenters. The van der Waals surface area contributed by atoms with Gasteiger partial charge in [-0.05, 0) is 18.5 Å². The molecule has 128 valence electrons. The monoisotopic (exact) mass is 343 g/mol. The van der Waals surface area contributed by atoms with Crippen molar-refractivity contribution in [2.45, 2.75) is 45.1 Å². The van der Waals surface area contributed by atoms with Gasteiger partial charge in [0.25, 0.3) is 0 Å². The first-order chi connectivity index (χ1) is 18.1. The van der Waals surface area contributed by atoms with Gasteiger partial charge in [-0.25, -0.2) is 0 Å². The van der Waals surface area contributed by atoms with E-state index >= 15 is 0 Å². The van der Waals surface area contributed by atoms with Crippen LogP contribution in [-0.2, 0) is 0 Å². The molecule has 0 unspecified atom stereocenters. The van der Waals surface area contributed by atoms with Crippen molar-refractivity contribution >= 4 is 5.78 Å². The van der Waals surface area contributed by atoms with E-state index in [1.165, 1.54) is 12.1 Å². The predicted molar refractivity (Wildman–Crippen MR) is 96.9 cm³/mol. The normalized spacial score (nSPS) is 25.8. The van der Waals surface area contributed by atoms with Crippen LogP contribution in [0.3, 0.4) is 0 Å². The summed E-state index contributed by atoms with van der Waals surface area (Å²) in [5, 5.41) is 10.3. The van der Waals surface area contributed by atoms with Gasteiger partial charge in [0, 0.05) is 32.2 Å². The second-order valence-electron chi connectivity index (χ2n) is 4.33. The van der Waals surface area contributed by atoms with Gasteiger partial charge in [-0.1, -0.05) is 69.0 Å². The summed E-state index contributed by atoms with van der Waals surface area (Å²) in [5.74, 6) is -2.03. The van der Waals surface area contributed by atoms with E-state index in [-0.39, 0.29) is 11.1 Å². The summed E-state index contributed by atoms with van der Waals surface area (Å²) in [6.07, 6.45) is -25.8. The molecule has 2 aromatic carbocycles. The molecule has 2 rings (SSSR count). The molecule has 0 aliphatic heterocycles. The molecule has 24 heavy (non-hydrogen) atoms. The number of ketones is 1. The zero-order valence-electron chi connectivity index (χ0n) is 29.4. The summed E-state index contributed by atoms with van der Waals surface area (Å²) >= 11 is 0. The average molecular weight is 344 g/mol. The molecule has 0 amide bonds. The van der Waals surface area contributed by atoms with Gasteiger partial charge in [0.15, 0.2) is 5.78 Å². The fourth-order valence-corrected chi connectivity index (χ4v) is 1.75. The van der Waals surface area contributed by atoms with Crippen LogP contribution in [0.5, 0.6) is 11.5 Å². The molecular weight excluding hydrogens is 300 g/mol. The molecule has 0 aliphatic carbocycles. The van der Waals surface area contributed by atoms with Gasteiger partial charge in [0.1, 0.15) is 11.5 Å². The Balaban J connectivity index is 2.49. The van der Waals surface area contributed by atoms with Crippen LogP contribution in [0, 0.1) is 0 Å². The average Bonchev–Trinajstić information content (AvgIpc) is 2.82. The number of phenols is 1. The number of phenolic OH excluding ortho intramolecular Hbond substituents is 1. The number of aromatic hydroxyl groups is 1. The minimum atomic E-state index is -4.43. The lowest BCUT2D eigenvalue weighted by molar-refractivity contribution is 0.103. The SMILES string of the molecule is [2H]C([2H])([2H])C([2H])([2H])C([2H])([2H])C([2H])([2H])C([2H])([2H])C([2H])([2H])C([2H])([2H])C([2H])([2H])Oc1ccc(C(=O)c2ccccc2)c(O)c1. The Morgan fingerprint density at radius 1 is 1.08 bits per heavy atom. The van der Waals surface area contributed by atoms with Crippen LogP contribution in [0.2, 0.25) is 0 Å². The lowest BCUT2D eigenvalue weighted by Crippen LogP contribution is -2.02. The largest absolute Gasteiger partial charge is 0.507 e. The smallest absolute Gasteiger partial charge is 0.196 e. The number of carbonyl (C=O) groups excluding carboxylic acids is 1. The molecule has 3 nitrogen and oxygen atoms in total. The van der Waals surface area contributed by atoms with Gasteiger partial charge in [0.05, 0.1) is 14.9 Å². The first kappa shape index (κ1) is 5.91. The first-order valence-corrected chi connectivity index (χ1v) is 6.73. The van der Waals surface area contributed by atoms with Crippen molar-refractivity contribution in [2.75, 3.05) is 6.56 Å². The molecule has 0 radical (unpaired) electrons. The maximum atomic E-state index is 12.6. The topological polar surface area (TPSA) is 46.5 Å². The summed E-state index contributed by atoms with van der Waals surface area (Å²) in [4.78, 5) is 12.6. The Bertz CT molecular complexity index is 1270. The molecule has 0 bridgehead atoms. The van der Waals surface area contributed by atoms with Crippen molar-refractivity contribution < 1.29 is 37.9 Å². The third-order valence-electron chi connectivity index (χ3n) is 2.78. The maximum Gasteiger partial charge on any atom is 0.196 e. The molecule has 3 heteroatoms. The van der Waals surface area contributed by atoms with Crippen LogP contribution in [0.1, 0.15) is 84.3 Å². The summed E-state index contributed by atoms with van der Waals surface area (Å²) in [7, 11) is 0. The minimum absolute atomic E-state index is 0.190. The minimum Gasteiger partial charge on any atom is -0.507 e. The summed E-state index contributed by atoms with van der Waals surface area (Å²) in [5.41, 5.74) is -0.0618. The van der Waals surface area contributed by atoms with Gasteiger partial charge in [-0.2, -0.15) is 0 Å². The van der Waals surface area contributed by atoms with Crippen molar-refractivity contribution in [3.05, 3.63) is 59.7 Å². The molecule has 0 aliphatic rings. The number of hydrogen-bond acceptors (Lipinski definition) is 3. The van der Waals surface area contributed by atoms with Gasteiger partial charge in [-0.3, -0.25) is 4.79 Å². The standard InChI is InChI=1S/C21H26O3/c1-2-3-4-5-6-10-15-24-18-13-14-19(20(22)16-18)21(23)17-11-8-7-9-12-17/h7-9,11-14,16,22H,2-6,10,15H2,1H3/i1D3,2D2,3D2,4D2,5D2,6D2,10D2,15D2. The van der Waals surface area contributed by atoms with Crippen LogP contribution in [0.15, 0.2) is 48.5 Å². The lowest BCUT2D eigenvalue weighted by Gasteiger charge is -2.09. The molecule has 0 saturated heterocycles. The Kier molecular flexibility index (Phi) is 2.40. The van der Waals surface area contributed by atoms with E-state index < -0.39 is 68.9 Å². The molecule has 1 N–H and O–H groups in total. The summed E-state index contributed by atoms with van der Waals surface area (Å²) in [6.45, 7) is -7.74. The zero-order chi connectivity index (χ0) is 32.3. The second-order valence-corrected chi connectivity index (χ2v) is 4.33. The van der Waals surface area contributed by atoms with E-state index in [4.69, 9.17) is 28.0 Å². The predicted octanol–water partition coefficient (Wildman–Crippen LogP) is 5.36. The van der Waals surface area contributed by atoms with Crippen molar-refractivity contribution in [2.24, 2.45) is 0 Å². The molecule has 0 aromatic heterocycles. The Morgan fingerprint density at radius 2 is 1.83 bits per heavy atom. The Labute approximate surface area is 168 Å². The fraction of sp³-hybridized carbons (Fsp3) is 0.381. The van der Waals surface area contributed by atoms with E-state index in [0.29, 0.717) is 6.07 Å². The zero-order valence-corrected chi connectivity index (χ0v) is 12.4. The molecule has 0 fully saturated rings. The molecule has 0 saturated carbocycles. The Hall–Kier alpha value is -2.29. The van der Waals surface area contributed by atoms with Crippen molar-refractivity contribution in [3.63, 3.8) is 0 Å². The van der Waals surface area contributed by atoms with E-state index in [0.717, 1.165) is 12.1 Å². The van der Waals surface area contributed by atoms with Gasteiger partial charge < -0.3 is 9.84 Å². The summed E-state index contributed by atoms with van der Waals surface area (Å²) in [6, 6.07) is 10.3. The lowest BCUT2D eigenvalue weighted by atomic mass is 10.0. The van der Waals surface area contributed by atoms with Crippen LogP contribution in [0.25, 0.3) is 0 Å². The van der Waals surface area contributed by atoms with Crippen molar-refractivity contribution in [1.29, 1.82) is 0 Å². The van der Waals surface area contributed by atoms with Crippen LogP contribution >= 0.6 is 0 Å². The maximum absolute atomic E-state index is 12.6. The number of rotatable bonds is 10. The highest BCUT2D eigenvalue weighted by molar-refractivity contribution is 6.10. The van der Waals surface area contributed by atoms with E-state index in [9.17, 15) is 9.90 Å². The third kappa shape index (κ3) is 5.41. The van der Waals surface area contributed by atoms with Gasteiger partial charge >= 0.3 is 0 Å². The van der Waals surface area contributed by atoms with Gasteiger partial charge in [-0.15, -0.1) is 0 Å². The summed E-state index contributed by atoms with van der Waals surface area (Å²) < 4.78 is 138.